The van der Waals surface area contributed by atoms with Gasteiger partial charge in [0.25, 0.3) is 5.91 Å². The SMILES string of the molecule is CCCC/C(=N\NC(=O)c1ccncc1)c1ccccc1. The fourth-order valence-corrected chi connectivity index (χ4v) is 1.93. The van der Waals surface area contributed by atoms with E-state index in [4.69, 9.17) is 0 Å². The summed E-state index contributed by atoms with van der Waals surface area (Å²) in [6, 6.07) is 13.3. The van der Waals surface area contributed by atoms with Crippen molar-refractivity contribution in [3.05, 3.63) is 66.0 Å². The molecule has 0 aliphatic rings. The first-order valence-electron chi connectivity index (χ1n) is 7.13. The number of aromatic nitrogens is 1. The van der Waals surface area contributed by atoms with E-state index in [2.05, 4.69) is 22.4 Å². The van der Waals surface area contributed by atoms with Gasteiger partial charge in [-0.2, -0.15) is 5.10 Å². The van der Waals surface area contributed by atoms with E-state index in [0.717, 1.165) is 30.5 Å². The smallest absolute Gasteiger partial charge is 0.267 e. The molecule has 0 aliphatic heterocycles. The van der Waals surface area contributed by atoms with Crippen LogP contribution in [-0.2, 0) is 0 Å². The molecule has 1 aromatic carbocycles. The Labute approximate surface area is 124 Å². The molecular weight excluding hydrogens is 262 g/mol. The van der Waals surface area contributed by atoms with Gasteiger partial charge in [-0.05, 0) is 30.5 Å². The second-order valence-corrected chi connectivity index (χ2v) is 4.70. The van der Waals surface area contributed by atoms with Gasteiger partial charge < -0.3 is 0 Å². The summed E-state index contributed by atoms with van der Waals surface area (Å²) in [6.07, 6.45) is 6.15. The number of hydrogen-bond donors (Lipinski definition) is 1. The third kappa shape index (κ3) is 4.53. The number of unbranched alkanes of at least 4 members (excludes halogenated alkanes) is 1. The summed E-state index contributed by atoms with van der Waals surface area (Å²) >= 11 is 0. The first-order valence-corrected chi connectivity index (χ1v) is 7.13. The van der Waals surface area contributed by atoms with Crippen molar-refractivity contribution in [2.45, 2.75) is 26.2 Å². The number of rotatable bonds is 6. The van der Waals surface area contributed by atoms with Gasteiger partial charge in [0.2, 0.25) is 0 Å². The van der Waals surface area contributed by atoms with Crippen LogP contribution in [0, 0.1) is 0 Å². The first kappa shape index (κ1) is 14.9. The number of amides is 1. The van der Waals surface area contributed by atoms with Gasteiger partial charge in [-0.15, -0.1) is 0 Å². The summed E-state index contributed by atoms with van der Waals surface area (Å²) in [7, 11) is 0. The van der Waals surface area contributed by atoms with E-state index in [1.54, 1.807) is 24.5 Å². The average molecular weight is 281 g/mol. The van der Waals surface area contributed by atoms with Crippen molar-refractivity contribution >= 4 is 11.6 Å². The molecule has 108 valence electrons. The van der Waals surface area contributed by atoms with E-state index in [9.17, 15) is 4.79 Å². The van der Waals surface area contributed by atoms with Crippen LogP contribution in [0.15, 0.2) is 60.0 Å². The number of nitrogens with one attached hydrogen (secondary N) is 1. The van der Waals surface area contributed by atoms with Gasteiger partial charge >= 0.3 is 0 Å². The molecule has 0 atom stereocenters. The van der Waals surface area contributed by atoms with Gasteiger partial charge in [0.15, 0.2) is 0 Å². The van der Waals surface area contributed by atoms with E-state index < -0.39 is 0 Å². The summed E-state index contributed by atoms with van der Waals surface area (Å²) in [5.41, 5.74) is 5.13. The highest BCUT2D eigenvalue weighted by molar-refractivity contribution is 6.02. The molecule has 0 unspecified atom stereocenters. The molecule has 0 aliphatic carbocycles. The molecule has 1 N–H and O–H groups in total. The monoisotopic (exact) mass is 281 g/mol. The maximum absolute atomic E-state index is 12.0. The topological polar surface area (TPSA) is 54.4 Å². The lowest BCUT2D eigenvalue weighted by Gasteiger charge is -2.07. The Balaban J connectivity index is 2.11. The fourth-order valence-electron chi connectivity index (χ4n) is 1.93. The standard InChI is InChI=1S/C17H19N3O/c1-2-3-9-16(14-7-5-4-6-8-14)19-20-17(21)15-10-12-18-13-11-15/h4-8,10-13H,2-3,9H2,1H3,(H,20,21)/b19-16+. The van der Waals surface area contributed by atoms with Crippen molar-refractivity contribution in [3.63, 3.8) is 0 Å². The molecule has 21 heavy (non-hydrogen) atoms. The van der Waals surface area contributed by atoms with Gasteiger partial charge in [-0.1, -0.05) is 43.7 Å². The first-order chi connectivity index (χ1) is 10.3. The lowest BCUT2D eigenvalue weighted by atomic mass is 10.1. The highest BCUT2D eigenvalue weighted by Gasteiger charge is 2.06. The molecule has 4 nitrogen and oxygen atoms in total. The van der Waals surface area contributed by atoms with Crippen LogP contribution in [-0.4, -0.2) is 16.6 Å². The van der Waals surface area contributed by atoms with E-state index in [0.29, 0.717) is 5.56 Å². The third-order valence-corrected chi connectivity index (χ3v) is 3.11. The van der Waals surface area contributed by atoms with Crippen LogP contribution in [0.5, 0.6) is 0 Å². The number of pyridine rings is 1. The Morgan fingerprint density at radius 1 is 1.10 bits per heavy atom. The normalized spacial score (nSPS) is 11.2. The maximum atomic E-state index is 12.0. The van der Waals surface area contributed by atoms with E-state index in [1.807, 2.05) is 30.3 Å². The van der Waals surface area contributed by atoms with E-state index in [-0.39, 0.29) is 5.91 Å². The van der Waals surface area contributed by atoms with Crippen LogP contribution in [0.1, 0.15) is 42.1 Å². The van der Waals surface area contributed by atoms with Crippen molar-refractivity contribution in [2.75, 3.05) is 0 Å². The molecule has 0 bridgehead atoms. The summed E-state index contributed by atoms with van der Waals surface area (Å²) in [5, 5.41) is 4.30. The largest absolute Gasteiger partial charge is 0.271 e. The summed E-state index contributed by atoms with van der Waals surface area (Å²) in [5.74, 6) is -0.220. The number of nitrogens with zero attached hydrogens (tertiary/aromatic N) is 2. The zero-order valence-electron chi connectivity index (χ0n) is 12.1. The van der Waals surface area contributed by atoms with Crippen LogP contribution in [0.3, 0.4) is 0 Å². The second kappa shape index (κ2) is 7.94. The third-order valence-electron chi connectivity index (χ3n) is 3.11. The molecular formula is C17H19N3O. The minimum atomic E-state index is -0.220. The Morgan fingerprint density at radius 2 is 1.81 bits per heavy atom. The molecule has 4 heteroatoms. The molecule has 2 aromatic rings. The number of hydrazone groups is 1. The molecule has 1 heterocycles. The summed E-state index contributed by atoms with van der Waals surface area (Å²) in [4.78, 5) is 15.9. The van der Waals surface area contributed by atoms with Crippen molar-refractivity contribution in [1.82, 2.24) is 10.4 Å². The Kier molecular flexibility index (Phi) is 5.64. The van der Waals surface area contributed by atoms with Crippen LogP contribution in [0.25, 0.3) is 0 Å². The second-order valence-electron chi connectivity index (χ2n) is 4.70. The van der Waals surface area contributed by atoms with Gasteiger partial charge in [0.05, 0.1) is 5.71 Å². The Hall–Kier alpha value is -2.49. The molecule has 1 amide bonds. The molecule has 0 saturated heterocycles. The molecule has 0 radical (unpaired) electrons. The Bertz CT molecular complexity index is 594. The number of benzene rings is 1. The Morgan fingerprint density at radius 3 is 2.48 bits per heavy atom. The summed E-state index contributed by atoms with van der Waals surface area (Å²) < 4.78 is 0. The highest BCUT2D eigenvalue weighted by atomic mass is 16.2. The quantitative estimate of drug-likeness (QED) is 0.651. The van der Waals surface area contributed by atoms with Crippen LogP contribution in [0.2, 0.25) is 0 Å². The number of carbonyl (C=O) groups excluding carboxylic acids is 1. The maximum Gasteiger partial charge on any atom is 0.271 e. The van der Waals surface area contributed by atoms with Crippen LogP contribution < -0.4 is 5.43 Å². The van der Waals surface area contributed by atoms with E-state index >= 15 is 0 Å². The zero-order valence-corrected chi connectivity index (χ0v) is 12.1. The van der Waals surface area contributed by atoms with Crippen LogP contribution >= 0.6 is 0 Å². The number of hydrogen-bond acceptors (Lipinski definition) is 3. The van der Waals surface area contributed by atoms with Crippen molar-refractivity contribution in [1.29, 1.82) is 0 Å². The van der Waals surface area contributed by atoms with Crippen LogP contribution in [0.4, 0.5) is 0 Å². The lowest BCUT2D eigenvalue weighted by molar-refractivity contribution is 0.0954. The minimum Gasteiger partial charge on any atom is -0.267 e. The van der Waals surface area contributed by atoms with Crippen molar-refractivity contribution in [2.24, 2.45) is 5.10 Å². The predicted molar refractivity (Wildman–Crippen MR) is 84.2 cm³/mol. The average Bonchev–Trinajstić information content (AvgIpc) is 2.56. The van der Waals surface area contributed by atoms with Crippen molar-refractivity contribution < 1.29 is 4.79 Å². The van der Waals surface area contributed by atoms with Gasteiger partial charge in [0.1, 0.15) is 0 Å². The molecule has 0 saturated carbocycles. The molecule has 2 rings (SSSR count). The lowest BCUT2D eigenvalue weighted by Crippen LogP contribution is -2.20. The molecule has 0 spiro atoms. The molecule has 1 aromatic heterocycles. The van der Waals surface area contributed by atoms with Gasteiger partial charge in [0, 0.05) is 18.0 Å². The highest BCUT2D eigenvalue weighted by Crippen LogP contribution is 2.08. The number of carbonyl (C=O) groups is 1. The fraction of sp³-hybridized carbons (Fsp3) is 0.235. The minimum absolute atomic E-state index is 0.220. The van der Waals surface area contributed by atoms with E-state index in [1.165, 1.54) is 0 Å². The van der Waals surface area contributed by atoms with Gasteiger partial charge in [-0.25, -0.2) is 5.43 Å². The predicted octanol–water partition coefficient (Wildman–Crippen LogP) is 3.41. The zero-order chi connectivity index (χ0) is 14.9. The molecule has 0 fully saturated rings. The van der Waals surface area contributed by atoms with Gasteiger partial charge in [-0.3, -0.25) is 9.78 Å². The van der Waals surface area contributed by atoms with Crippen molar-refractivity contribution in [3.8, 4) is 0 Å². The summed E-state index contributed by atoms with van der Waals surface area (Å²) in [6.45, 7) is 2.14.